The average Bonchev–Trinajstić information content (AvgIpc) is 3.09. The molecule has 0 unspecified atom stereocenters. The van der Waals surface area contributed by atoms with Crippen LogP contribution in [-0.2, 0) is 11.3 Å². The van der Waals surface area contributed by atoms with Crippen LogP contribution in [0.25, 0.3) is 0 Å². The molecule has 0 saturated heterocycles. The largest absolute Gasteiger partial charge is 0.366 e. The highest BCUT2D eigenvalue weighted by Crippen LogP contribution is 2.25. The number of H-pyrrole nitrogens is 1. The Morgan fingerprint density at radius 3 is 2.96 bits per heavy atom. The van der Waals surface area contributed by atoms with Crippen LogP contribution in [0.2, 0.25) is 0 Å². The molecule has 0 aliphatic carbocycles. The van der Waals surface area contributed by atoms with E-state index in [1.165, 1.54) is 27.7 Å². The second-order valence-electron chi connectivity index (χ2n) is 4.74. The number of hydrogen-bond acceptors (Lipinski definition) is 6. The maximum Gasteiger partial charge on any atom is 0.343 e. The van der Waals surface area contributed by atoms with Crippen LogP contribution in [0.5, 0.6) is 0 Å². The number of nitrogens with one attached hydrogen (secondary N) is 2. The predicted octanol–water partition coefficient (Wildman–Crippen LogP) is 1.26. The SMILES string of the molecule is CCCn1c(S[C@H](C)C(=O)Nc2sccc2C(N)=O)n[nH]c1=O. The van der Waals surface area contributed by atoms with E-state index in [0.717, 1.165) is 6.42 Å². The number of carbonyl (C=O) groups is 2. The second-order valence-corrected chi connectivity index (χ2v) is 6.96. The Morgan fingerprint density at radius 2 is 2.30 bits per heavy atom. The number of aromatic amines is 1. The number of thiophene rings is 1. The Bertz CT molecular complexity index is 764. The van der Waals surface area contributed by atoms with Gasteiger partial charge in [0.15, 0.2) is 5.16 Å². The fourth-order valence-corrected chi connectivity index (χ4v) is 3.52. The third-order valence-electron chi connectivity index (χ3n) is 2.99. The van der Waals surface area contributed by atoms with Gasteiger partial charge in [0, 0.05) is 6.54 Å². The van der Waals surface area contributed by atoms with E-state index in [9.17, 15) is 14.4 Å². The predicted molar refractivity (Wildman–Crippen MR) is 89.9 cm³/mol. The van der Waals surface area contributed by atoms with Crippen LogP contribution >= 0.6 is 23.1 Å². The molecule has 4 N–H and O–H groups in total. The summed E-state index contributed by atoms with van der Waals surface area (Å²) in [5.74, 6) is -0.885. The second kappa shape index (κ2) is 7.47. The fourth-order valence-electron chi connectivity index (χ4n) is 1.84. The highest BCUT2D eigenvalue weighted by Gasteiger charge is 2.21. The maximum absolute atomic E-state index is 12.3. The molecule has 10 heteroatoms. The third kappa shape index (κ3) is 4.02. The van der Waals surface area contributed by atoms with Gasteiger partial charge in [-0.25, -0.2) is 9.89 Å². The highest BCUT2D eigenvalue weighted by molar-refractivity contribution is 8.00. The van der Waals surface area contributed by atoms with Crippen molar-refractivity contribution in [3.05, 3.63) is 27.5 Å². The molecule has 2 heterocycles. The van der Waals surface area contributed by atoms with Gasteiger partial charge >= 0.3 is 5.69 Å². The van der Waals surface area contributed by atoms with Crippen LogP contribution in [0, 0.1) is 0 Å². The quantitative estimate of drug-likeness (QED) is 0.645. The number of carbonyl (C=O) groups excluding carboxylic acids is 2. The van der Waals surface area contributed by atoms with Crippen LogP contribution in [0.1, 0.15) is 30.6 Å². The van der Waals surface area contributed by atoms with Crippen molar-refractivity contribution in [2.24, 2.45) is 5.73 Å². The molecular formula is C13H17N5O3S2. The van der Waals surface area contributed by atoms with E-state index in [4.69, 9.17) is 5.73 Å². The first kappa shape index (κ1) is 17.3. The van der Waals surface area contributed by atoms with E-state index in [2.05, 4.69) is 15.5 Å². The number of primary amides is 1. The van der Waals surface area contributed by atoms with Crippen molar-refractivity contribution in [1.82, 2.24) is 14.8 Å². The van der Waals surface area contributed by atoms with E-state index in [-0.39, 0.29) is 17.2 Å². The summed E-state index contributed by atoms with van der Waals surface area (Å²) < 4.78 is 1.49. The van der Waals surface area contributed by atoms with Gasteiger partial charge in [-0.3, -0.25) is 14.2 Å². The van der Waals surface area contributed by atoms with Crippen molar-refractivity contribution >= 4 is 39.9 Å². The summed E-state index contributed by atoms with van der Waals surface area (Å²) in [4.78, 5) is 35.2. The highest BCUT2D eigenvalue weighted by atomic mass is 32.2. The molecule has 2 aromatic rings. The third-order valence-corrected chi connectivity index (χ3v) is 4.91. The van der Waals surface area contributed by atoms with Crippen LogP contribution in [0.15, 0.2) is 21.4 Å². The van der Waals surface area contributed by atoms with Gasteiger partial charge < -0.3 is 11.1 Å². The number of anilines is 1. The summed E-state index contributed by atoms with van der Waals surface area (Å²) in [5.41, 5.74) is 5.23. The molecule has 0 fully saturated rings. The number of aromatic nitrogens is 3. The Balaban J connectivity index is 2.07. The van der Waals surface area contributed by atoms with Crippen molar-refractivity contribution in [3.63, 3.8) is 0 Å². The van der Waals surface area contributed by atoms with Crippen molar-refractivity contribution < 1.29 is 9.59 Å². The minimum absolute atomic E-state index is 0.281. The van der Waals surface area contributed by atoms with Crippen molar-refractivity contribution in [1.29, 1.82) is 0 Å². The molecule has 0 radical (unpaired) electrons. The van der Waals surface area contributed by atoms with Crippen molar-refractivity contribution in [2.75, 3.05) is 5.32 Å². The summed E-state index contributed by atoms with van der Waals surface area (Å²) in [7, 11) is 0. The van der Waals surface area contributed by atoms with Gasteiger partial charge in [0.1, 0.15) is 5.00 Å². The molecule has 2 amide bonds. The summed E-state index contributed by atoms with van der Waals surface area (Å²) in [6.07, 6.45) is 0.782. The Kier molecular flexibility index (Phi) is 5.61. The topological polar surface area (TPSA) is 123 Å². The molecule has 124 valence electrons. The Labute approximate surface area is 140 Å². The van der Waals surface area contributed by atoms with Crippen LogP contribution in [0.3, 0.4) is 0 Å². The lowest BCUT2D eigenvalue weighted by Gasteiger charge is -2.11. The van der Waals surface area contributed by atoms with Crippen molar-refractivity contribution in [3.8, 4) is 0 Å². The first-order valence-electron chi connectivity index (χ1n) is 6.94. The number of nitrogens with zero attached hydrogens (tertiary/aromatic N) is 2. The lowest BCUT2D eigenvalue weighted by atomic mass is 10.3. The zero-order chi connectivity index (χ0) is 17.0. The monoisotopic (exact) mass is 355 g/mol. The lowest BCUT2D eigenvalue weighted by molar-refractivity contribution is -0.115. The van der Waals surface area contributed by atoms with Crippen molar-refractivity contribution in [2.45, 2.75) is 37.2 Å². The van der Waals surface area contributed by atoms with Gasteiger partial charge in [-0.1, -0.05) is 18.7 Å². The molecular weight excluding hydrogens is 338 g/mol. The number of amides is 2. The smallest absolute Gasteiger partial charge is 0.343 e. The zero-order valence-corrected chi connectivity index (χ0v) is 14.3. The molecule has 0 aliphatic rings. The van der Waals surface area contributed by atoms with Gasteiger partial charge in [0.25, 0.3) is 5.91 Å². The van der Waals surface area contributed by atoms with E-state index in [1.807, 2.05) is 6.92 Å². The molecule has 23 heavy (non-hydrogen) atoms. The van der Waals surface area contributed by atoms with Crippen LogP contribution in [0.4, 0.5) is 5.00 Å². The average molecular weight is 355 g/mol. The summed E-state index contributed by atoms with van der Waals surface area (Å²) >= 11 is 2.40. The first-order chi connectivity index (χ1) is 10.9. The molecule has 1 atom stereocenters. The lowest BCUT2D eigenvalue weighted by Crippen LogP contribution is -2.25. The minimum Gasteiger partial charge on any atom is -0.366 e. The molecule has 0 aromatic carbocycles. The van der Waals surface area contributed by atoms with E-state index in [1.54, 1.807) is 18.4 Å². The number of thioether (sulfide) groups is 1. The molecule has 2 rings (SSSR count). The standard InChI is InChI=1S/C13H17N5O3S2/c1-3-5-18-12(21)16-17-13(18)23-7(2)10(20)15-11-8(9(14)19)4-6-22-11/h4,6-7H,3,5H2,1-2H3,(H2,14,19)(H,15,20)(H,16,21)/t7-/m1/s1. The van der Waals surface area contributed by atoms with Crippen LogP contribution < -0.4 is 16.7 Å². The summed E-state index contributed by atoms with van der Waals surface area (Å²) in [6, 6.07) is 1.56. The number of nitrogens with two attached hydrogens (primary N) is 1. The maximum atomic E-state index is 12.3. The van der Waals surface area contributed by atoms with E-state index < -0.39 is 11.2 Å². The normalized spacial score (nSPS) is 12.1. The van der Waals surface area contributed by atoms with Crippen LogP contribution in [-0.4, -0.2) is 31.8 Å². The van der Waals surface area contributed by atoms with E-state index in [0.29, 0.717) is 16.7 Å². The summed E-state index contributed by atoms with van der Waals surface area (Å²) in [5, 5.41) is 11.1. The van der Waals surface area contributed by atoms with Gasteiger partial charge in [-0.05, 0) is 24.8 Å². The zero-order valence-electron chi connectivity index (χ0n) is 12.7. The summed E-state index contributed by atoms with van der Waals surface area (Å²) in [6.45, 7) is 4.18. The van der Waals surface area contributed by atoms with E-state index >= 15 is 0 Å². The van der Waals surface area contributed by atoms with Gasteiger partial charge in [-0.2, -0.15) is 0 Å². The fraction of sp³-hybridized carbons (Fsp3) is 0.385. The molecule has 2 aromatic heterocycles. The number of hydrogen-bond donors (Lipinski definition) is 3. The Morgan fingerprint density at radius 1 is 1.57 bits per heavy atom. The molecule has 0 saturated carbocycles. The van der Waals surface area contributed by atoms with Gasteiger partial charge in [0.05, 0.1) is 10.8 Å². The van der Waals surface area contributed by atoms with Gasteiger partial charge in [0.2, 0.25) is 5.91 Å². The molecule has 0 bridgehead atoms. The first-order valence-corrected chi connectivity index (χ1v) is 8.70. The number of rotatable bonds is 7. The molecule has 0 spiro atoms. The van der Waals surface area contributed by atoms with Gasteiger partial charge in [-0.15, -0.1) is 16.4 Å². The Hall–Kier alpha value is -2.07. The molecule has 0 aliphatic heterocycles. The minimum atomic E-state index is -0.592. The molecule has 8 nitrogen and oxygen atoms in total.